The van der Waals surface area contributed by atoms with Crippen LogP contribution in [-0.4, -0.2) is 74.1 Å². The second-order valence-electron chi connectivity index (χ2n) is 8.77. The number of ether oxygens (including phenoxy) is 1. The van der Waals surface area contributed by atoms with Crippen molar-refractivity contribution >= 4 is 17.7 Å². The molecule has 3 aliphatic rings. The van der Waals surface area contributed by atoms with Gasteiger partial charge in [-0.25, -0.2) is 13.6 Å². The van der Waals surface area contributed by atoms with Gasteiger partial charge in [0.25, 0.3) is 6.43 Å². The minimum atomic E-state index is -2.63. The van der Waals surface area contributed by atoms with Gasteiger partial charge in [0.2, 0.25) is 5.91 Å². The van der Waals surface area contributed by atoms with Crippen LogP contribution in [0.3, 0.4) is 0 Å². The molecule has 8 heteroatoms. The monoisotopic (exact) mass is 421 g/mol. The molecule has 0 aliphatic carbocycles. The van der Waals surface area contributed by atoms with Crippen LogP contribution in [0.5, 0.6) is 0 Å². The first-order valence-electron chi connectivity index (χ1n) is 10.7. The van der Waals surface area contributed by atoms with Gasteiger partial charge in [0.05, 0.1) is 0 Å². The fourth-order valence-corrected chi connectivity index (χ4v) is 5.24. The zero-order valence-corrected chi connectivity index (χ0v) is 17.4. The van der Waals surface area contributed by atoms with Crippen LogP contribution in [0.15, 0.2) is 24.3 Å². The molecule has 2 fully saturated rings. The van der Waals surface area contributed by atoms with Crippen LogP contribution in [0.25, 0.3) is 0 Å². The molecule has 0 unspecified atom stereocenters. The lowest BCUT2D eigenvalue weighted by Crippen LogP contribution is -2.47. The van der Waals surface area contributed by atoms with Crippen molar-refractivity contribution < 1.29 is 23.1 Å². The average Bonchev–Trinajstić information content (AvgIpc) is 3.32. The van der Waals surface area contributed by atoms with Gasteiger partial charge in [0.1, 0.15) is 0 Å². The Morgan fingerprint density at radius 1 is 1.20 bits per heavy atom. The molecular formula is C22H29F2N3O3. The normalized spacial score (nSPS) is 23.3. The van der Waals surface area contributed by atoms with E-state index in [2.05, 4.69) is 21.8 Å². The van der Waals surface area contributed by atoms with E-state index >= 15 is 0 Å². The number of amides is 2. The third-order valence-electron chi connectivity index (χ3n) is 6.81. The van der Waals surface area contributed by atoms with Crippen molar-refractivity contribution in [1.29, 1.82) is 0 Å². The first-order chi connectivity index (χ1) is 14.4. The first kappa shape index (κ1) is 21.0. The van der Waals surface area contributed by atoms with E-state index in [9.17, 15) is 18.4 Å². The lowest BCUT2D eigenvalue weighted by atomic mass is 9.74. The highest BCUT2D eigenvalue weighted by atomic mass is 19.3. The summed E-state index contributed by atoms with van der Waals surface area (Å²) in [6.07, 6.45) is -0.400. The van der Waals surface area contributed by atoms with E-state index in [1.807, 2.05) is 17.0 Å². The Bertz CT molecular complexity index is 796. The van der Waals surface area contributed by atoms with Gasteiger partial charge < -0.3 is 19.4 Å². The van der Waals surface area contributed by atoms with Gasteiger partial charge in [-0.05, 0) is 49.9 Å². The quantitative estimate of drug-likeness (QED) is 0.750. The third-order valence-corrected chi connectivity index (χ3v) is 6.81. The van der Waals surface area contributed by atoms with Crippen molar-refractivity contribution in [3.63, 3.8) is 0 Å². The SMILES string of the molecule is CC(=O)N1CC2(CCN(C[C@@H]3CCN(C(=O)OCC(F)F)C3)CC2)c2ccccc21. The van der Waals surface area contributed by atoms with Crippen molar-refractivity contribution in [3.8, 4) is 0 Å². The molecule has 2 saturated heterocycles. The zero-order chi connectivity index (χ0) is 21.3. The maximum absolute atomic E-state index is 12.2. The molecule has 1 aromatic rings. The maximum atomic E-state index is 12.2. The number of rotatable bonds is 4. The van der Waals surface area contributed by atoms with E-state index in [0.29, 0.717) is 19.0 Å². The van der Waals surface area contributed by atoms with Crippen LogP contribution < -0.4 is 4.90 Å². The molecule has 3 heterocycles. The second-order valence-corrected chi connectivity index (χ2v) is 8.77. The molecule has 4 rings (SSSR count). The molecule has 2 amide bonds. The number of carbonyl (C=O) groups excluding carboxylic acids is 2. The lowest BCUT2D eigenvalue weighted by Gasteiger charge is -2.40. The van der Waals surface area contributed by atoms with Crippen molar-refractivity contribution in [1.82, 2.24) is 9.80 Å². The highest BCUT2D eigenvalue weighted by molar-refractivity contribution is 5.94. The summed E-state index contributed by atoms with van der Waals surface area (Å²) in [6, 6.07) is 8.24. The van der Waals surface area contributed by atoms with Gasteiger partial charge >= 0.3 is 6.09 Å². The number of benzene rings is 1. The van der Waals surface area contributed by atoms with E-state index < -0.39 is 19.1 Å². The molecule has 1 spiro atoms. The lowest BCUT2D eigenvalue weighted by molar-refractivity contribution is -0.116. The largest absolute Gasteiger partial charge is 0.443 e. The minimum Gasteiger partial charge on any atom is -0.443 e. The predicted molar refractivity (Wildman–Crippen MR) is 109 cm³/mol. The van der Waals surface area contributed by atoms with Crippen LogP contribution in [0, 0.1) is 5.92 Å². The fraction of sp³-hybridized carbons (Fsp3) is 0.636. The smallest absolute Gasteiger partial charge is 0.409 e. The van der Waals surface area contributed by atoms with Crippen LogP contribution in [0.1, 0.15) is 31.7 Å². The molecule has 0 N–H and O–H groups in total. The Morgan fingerprint density at radius 2 is 1.93 bits per heavy atom. The summed E-state index contributed by atoms with van der Waals surface area (Å²) in [5.74, 6) is 0.425. The highest BCUT2D eigenvalue weighted by Gasteiger charge is 2.45. The third kappa shape index (κ3) is 4.15. The average molecular weight is 421 g/mol. The summed E-state index contributed by atoms with van der Waals surface area (Å²) in [7, 11) is 0. The number of nitrogens with zero attached hydrogens (tertiary/aromatic N) is 3. The number of hydrogen-bond acceptors (Lipinski definition) is 4. The summed E-state index contributed by atoms with van der Waals surface area (Å²) < 4.78 is 29.1. The number of anilines is 1. The van der Waals surface area contributed by atoms with Crippen molar-refractivity contribution in [3.05, 3.63) is 29.8 Å². The number of hydrogen-bond donors (Lipinski definition) is 0. The Balaban J connectivity index is 1.31. The molecule has 0 aromatic heterocycles. The van der Waals surface area contributed by atoms with Crippen LogP contribution in [-0.2, 0) is 14.9 Å². The summed E-state index contributed by atoms with van der Waals surface area (Å²) in [4.78, 5) is 29.9. The van der Waals surface area contributed by atoms with Crippen molar-refractivity contribution in [2.45, 2.75) is 38.0 Å². The highest BCUT2D eigenvalue weighted by Crippen LogP contribution is 2.47. The minimum absolute atomic E-state index is 0.0273. The Hall–Kier alpha value is -2.22. The van der Waals surface area contributed by atoms with Gasteiger partial charge in [-0.1, -0.05) is 18.2 Å². The summed E-state index contributed by atoms with van der Waals surface area (Å²) >= 11 is 0. The Morgan fingerprint density at radius 3 is 2.63 bits per heavy atom. The molecule has 164 valence electrons. The van der Waals surface area contributed by atoms with Gasteiger partial charge in [0.15, 0.2) is 6.61 Å². The summed E-state index contributed by atoms with van der Waals surface area (Å²) in [6.45, 7) is 5.46. The molecule has 0 radical (unpaired) electrons. The van der Waals surface area contributed by atoms with Gasteiger partial charge in [-0.15, -0.1) is 0 Å². The molecule has 0 bridgehead atoms. The Kier molecular flexibility index (Phi) is 5.95. The van der Waals surface area contributed by atoms with Gasteiger partial charge in [-0.3, -0.25) is 4.79 Å². The number of likely N-dealkylation sites (tertiary alicyclic amines) is 2. The predicted octanol–water partition coefficient (Wildman–Crippen LogP) is 3.11. The molecule has 30 heavy (non-hydrogen) atoms. The standard InChI is InChI=1S/C22H29F2N3O3/c1-16(28)27-15-22(18-4-2-3-5-19(18)27)7-10-25(11-8-22)12-17-6-9-26(13-17)21(29)30-14-20(23)24/h2-5,17,20H,6-15H2,1H3/t17-/m0/s1. The van der Waals surface area contributed by atoms with Gasteiger partial charge in [-0.2, -0.15) is 0 Å². The molecule has 1 aromatic carbocycles. The molecule has 3 aliphatic heterocycles. The number of alkyl halides is 2. The number of piperidine rings is 1. The van der Waals surface area contributed by atoms with E-state index in [1.54, 1.807) is 6.92 Å². The number of halogens is 2. The number of fused-ring (bicyclic) bond motifs is 2. The molecule has 0 saturated carbocycles. The van der Waals surface area contributed by atoms with E-state index in [-0.39, 0.29) is 11.3 Å². The fourth-order valence-electron chi connectivity index (χ4n) is 5.24. The molecule has 6 nitrogen and oxygen atoms in total. The van der Waals surface area contributed by atoms with Gasteiger partial charge in [0, 0.05) is 44.2 Å². The first-order valence-corrected chi connectivity index (χ1v) is 10.7. The van der Waals surface area contributed by atoms with E-state index in [0.717, 1.165) is 51.1 Å². The van der Waals surface area contributed by atoms with Crippen LogP contribution in [0.4, 0.5) is 19.3 Å². The van der Waals surface area contributed by atoms with Crippen LogP contribution >= 0.6 is 0 Å². The zero-order valence-electron chi connectivity index (χ0n) is 17.4. The summed E-state index contributed by atoms with van der Waals surface area (Å²) in [5.41, 5.74) is 2.36. The Labute approximate surface area is 175 Å². The van der Waals surface area contributed by atoms with Crippen molar-refractivity contribution in [2.75, 3.05) is 50.8 Å². The van der Waals surface area contributed by atoms with Crippen LogP contribution in [0.2, 0.25) is 0 Å². The van der Waals surface area contributed by atoms with E-state index in [4.69, 9.17) is 0 Å². The number of carbonyl (C=O) groups is 2. The maximum Gasteiger partial charge on any atom is 0.409 e. The molecular weight excluding hydrogens is 392 g/mol. The van der Waals surface area contributed by atoms with E-state index in [1.165, 1.54) is 10.5 Å². The summed E-state index contributed by atoms with van der Waals surface area (Å²) in [5, 5.41) is 0. The second kappa shape index (κ2) is 8.49. The number of para-hydroxylation sites is 1. The molecule has 1 atom stereocenters. The van der Waals surface area contributed by atoms with Crippen molar-refractivity contribution in [2.24, 2.45) is 5.92 Å². The topological polar surface area (TPSA) is 53.1 Å².